The molecule has 136 valence electrons. The molecule has 2 aliphatic heterocycles. The van der Waals surface area contributed by atoms with Crippen LogP contribution in [0.1, 0.15) is 13.3 Å². The lowest BCUT2D eigenvalue weighted by molar-refractivity contribution is -0.132. The molecule has 0 spiro atoms. The molecule has 2 aliphatic rings. The van der Waals surface area contributed by atoms with E-state index >= 15 is 0 Å². The van der Waals surface area contributed by atoms with E-state index < -0.39 is 0 Å². The second kappa shape index (κ2) is 8.53. The highest BCUT2D eigenvalue weighted by atomic mass is 32.2. The van der Waals surface area contributed by atoms with Crippen molar-refractivity contribution >= 4 is 29.4 Å². The van der Waals surface area contributed by atoms with Gasteiger partial charge in [-0.05, 0) is 18.7 Å². The fourth-order valence-corrected chi connectivity index (χ4v) is 4.04. The molecule has 3 amide bonds. The van der Waals surface area contributed by atoms with Crippen LogP contribution in [0.5, 0.6) is 0 Å². The Morgan fingerprint density at radius 1 is 1.24 bits per heavy atom. The minimum absolute atomic E-state index is 0.118. The maximum Gasteiger partial charge on any atom is 0.322 e. The van der Waals surface area contributed by atoms with E-state index in [0.29, 0.717) is 19.5 Å². The lowest BCUT2D eigenvalue weighted by Crippen LogP contribution is -2.49. The van der Waals surface area contributed by atoms with Crippen LogP contribution >= 0.6 is 11.8 Å². The molecule has 0 radical (unpaired) electrons. The molecule has 0 bridgehead atoms. The number of hydrogen-bond acceptors (Lipinski definition) is 5. The van der Waals surface area contributed by atoms with Crippen LogP contribution in [0.2, 0.25) is 0 Å². The Balaban J connectivity index is 1.45. The maximum absolute atomic E-state index is 12.4. The molecule has 0 aromatic carbocycles. The van der Waals surface area contributed by atoms with E-state index in [1.165, 1.54) is 0 Å². The van der Waals surface area contributed by atoms with Crippen molar-refractivity contribution in [3.8, 4) is 0 Å². The van der Waals surface area contributed by atoms with Crippen LogP contribution in [0.15, 0.2) is 23.4 Å². The Kier molecular flexibility index (Phi) is 6.14. The lowest BCUT2D eigenvalue weighted by Gasteiger charge is -2.34. The summed E-state index contributed by atoms with van der Waals surface area (Å²) < 4.78 is 0. The molecule has 3 rings (SSSR count). The van der Waals surface area contributed by atoms with Crippen LogP contribution in [0.25, 0.3) is 0 Å². The maximum atomic E-state index is 12.4. The number of aromatic nitrogens is 1. The molecule has 0 saturated carbocycles. The van der Waals surface area contributed by atoms with Gasteiger partial charge in [0.2, 0.25) is 5.91 Å². The van der Waals surface area contributed by atoms with Crippen LogP contribution < -0.4 is 10.2 Å². The molecule has 0 atom stereocenters. The smallest absolute Gasteiger partial charge is 0.322 e. The van der Waals surface area contributed by atoms with Crippen molar-refractivity contribution in [1.29, 1.82) is 0 Å². The number of carbonyl (C=O) groups excluding carboxylic acids is 2. The number of hydrogen-bond donors (Lipinski definition) is 1. The number of nitrogens with one attached hydrogen (secondary N) is 1. The summed E-state index contributed by atoms with van der Waals surface area (Å²) in [6.45, 7) is 7.62. The summed E-state index contributed by atoms with van der Waals surface area (Å²) in [6.07, 6.45) is 2.09. The van der Waals surface area contributed by atoms with Crippen LogP contribution in [-0.4, -0.2) is 78.3 Å². The van der Waals surface area contributed by atoms with Crippen molar-refractivity contribution in [1.82, 2.24) is 20.1 Å². The van der Waals surface area contributed by atoms with Crippen molar-refractivity contribution in [2.45, 2.75) is 18.4 Å². The lowest BCUT2D eigenvalue weighted by atomic mass is 10.2. The second-order valence-electron chi connectivity index (χ2n) is 6.12. The first-order valence-corrected chi connectivity index (χ1v) is 9.81. The Labute approximate surface area is 152 Å². The number of amides is 3. The van der Waals surface area contributed by atoms with E-state index in [9.17, 15) is 9.59 Å². The van der Waals surface area contributed by atoms with E-state index in [1.54, 1.807) is 22.9 Å². The molecule has 1 N–H and O–H groups in total. The van der Waals surface area contributed by atoms with Crippen LogP contribution in [0.4, 0.5) is 10.5 Å². The van der Waals surface area contributed by atoms with E-state index in [2.05, 4.69) is 22.1 Å². The number of nitrogens with zero attached hydrogens (tertiary/aromatic N) is 4. The molecule has 0 aliphatic carbocycles. The van der Waals surface area contributed by atoms with Crippen molar-refractivity contribution in [3.05, 3.63) is 18.3 Å². The van der Waals surface area contributed by atoms with Gasteiger partial charge >= 0.3 is 6.03 Å². The normalized spacial score (nSPS) is 18.0. The van der Waals surface area contributed by atoms with Gasteiger partial charge in [-0.25, -0.2) is 9.78 Å². The van der Waals surface area contributed by atoms with Gasteiger partial charge in [0.15, 0.2) is 0 Å². The monoisotopic (exact) mass is 363 g/mol. The number of thioether (sulfide) groups is 1. The van der Waals surface area contributed by atoms with Gasteiger partial charge in [0.05, 0.1) is 5.69 Å². The number of piperazine rings is 1. The highest BCUT2D eigenvalue weighted by Gasteiger charge is 2.24. The van der Waals surface area contributed by atoms with E-state index in [4.69, 9.17) is 0 Å². The molecule has 1 aromatic heterocycles. The SMILES string of the molecule is CCN1CCN(C(=O)CCNC(=O)N2CCSc3ncccc32)CC1. The molecule has 1 aromatic rings. The van der Waals surface area contributed by atoms with Crippen LogP contribution in [0.3, 0.4) is 0 Å². The minimum atomic E-state index is -0.154. The first kappa shape index (κ1) is 18.0. The summed E-state index contributed by atoms with van der Waals surface area (Å²) >= 11 is 1.66. The zero-order chi connectivity index (χ0) is 17.6. The summed E-state index contributed by atoms with van der Waals surface area (Å²) in [6, 6.07) is 3.59. The van der Waals surface area contributed by atoms with Crippen molar-refractivity contribution < 1.29 is 9.59 Å². The highest BCUT2D eigenvalue weighted by molar-refractivity contribution is 7.99. The summed E-state index contributed by atoms with van der Waals surface area (Å²) in [5, 5.41) is 3.76. The molecule has 1 fully saturated rings. The third-order valence-electron chi connectivity index (χ3n) is 4.63. The Hall–Kier alpha value is -1.80. The number of carbonyl (C=O) groups is 2. The van der Waals surface area contributed by atoms with E-state index in [0.717, 1.165) is 49.2 Å². The predicted octanol–water partition coefficient (Wildman–Crippen LogP) is 1.26. The zero-order valence-corrected chi connectivity index (χ0v) is 15.4. The molecule has 0 unspecified atom stereocenters. The quantitative estimate of drug-likeness (QED) is 0.872. The number of fused-ring (bicyclic) bond motifs is 1. The van der Waals surface area contributed by atoms with Crippen LogP contribution in [0, 0.1) is 0 Å². The molecular weight excluding hydrogens is 338 g/mol. The topological polar surface area (TPSA) is 68.8 Å². The largest absolute Gasteiger partial charge is 0.340 e. The molecular formula is C17H25N5O2S. The van der Waals surface area contributed by atoms with Gasteiger partial charge in [0.1, 0.15) is 5.03 Å². The summed E-state index contributed by atoms with van der Waals surface area (Å²) in [7, 11) is 0. The highest BCUT2D eigenvalue weighted by Crippen LogP contribution is 2.32. The molecule has 25 heavy (non-hydrogen) atoms. The van der Waals surface area contributed by atoms with Crippen molar-refractivity contribution in [2.24, 2.45) is 0 Å². The fraction of sp³-hybridized carbons (Fsp3) is 0.588. The average Bonchev–Trinajstić information content (AvgIpc) is 2.67. The van der Waals surface area contributed by atoms with Gasteiger partial charge in [-0.15, -0.1) is 11.8 Å². The standard InChI is InChI=1S/C17H25N5O2S/c1-2-20-8-10-21(11-9-20)15(23)5-7-19-17(24)22-12-13-25-16-14(22)4-3-6-18-16/h3-4,6H,2,5,7-13H2,1H3,(H,19,24). The molecule has 8 heteroatoms. The summed E-state index contributed by atoms with van der Waals surface area (Å²) in [4.78, 5) is 35.0. The summed E-state index contributed by atoms with van der Waals surface area (Å²) in [5.41, 5.74) is 0.846. The number of pyridine rings is 1. The fourth-order valence-electron chi connectivity index (χ4n) is 3.11. The molecule has 7 nitrogen and oxygen atoms in total. The Morgan fingerprint density at radius 2 is 2.04 bits per heavy atom. The van der Waals surface area contributed by atoms with Crippen molar-refractivity contribution in [3.63, 3.8) is 0 Å². The first-order chi connectivity index (χ1) is 12.2. The number of rotatable bonds is 4. The number of urea groups is 1. The molecule has 3 heterocycles. The van der Waals surface area contributed by atoms with Gasteiger partial charge in [0, 0.05) is 57.6 Å². The van der Waals surface area contributed by atoms with Gasteiger partial charge in [-0.2, -0.15) is 0 Å². The van der Waals surface area contributed by atoms with E-state index in [1.807, 2.05) is 17.0 Å². The Morgan fingerprint density at radius 3 is 2.80 bits per heavy atom. The van der Waals surface area contributed by atoms with Gasteiger partial charge in [-0.1, -0.05) is 6.92 Å². The molecule has 1 saturated heterocycles. The van der Waals surface area contributed by atoms with Gasteiger partial charge in [-0.3, -0.25) is 9.69 Å². The zero-order valence-electron chi connectivity index (χ0n) is 14.6. The second-order valence-corrected chi connectivity index (χ2v) is 7.21. The third kappa shape index (κ3) is 4.43. The first-order valence-electron chi connectivity index (χ1n) is 8.82. The predicted molar refractivity (Wildman–Crippen MR) is 99.0 cm³/mol. The third-order valence-corrected chi connectivity index (χ3v) is 5.60. The van der Waals surface area contributed by atoms with Gasteiger partial charge < -0.3 is 15.1 Å². The summed E-state index contributed by atoms with van der Waals surface area (Å²) in [5.74, 6) is 0.949. The number of anilines is 1. The van der Waals surface area contributed by atoms with Crippen LogP contribution in [-0.2, 0) is 4.79 Å². The van der Waals surface area contributed by atoms with Gasteiger partial charge in [0.25, 0.3) is 0 Å². The average molecular weight is 363 g/mol. The Bertz CT molecular complexity index is 619. The minimum Gasteiger partial charge on any atom is -0.340 e. The van der Waals surface area contributed by atoms with E-state index in [-0.39, 0.29) is 11.9 Å². The van der Waals surface area contributed by atoms with Crippen molar-refractivity contribution in [2.75, 3.05) is 56.5 Å². The number of likely N-dealkylation sites (N-methyl/N-ethyl adjacent to an activating group) is 1.